The van der Waals surface area contributed by atoms with Crippen molar-refractivity contribution >= 4 is 28.6 Å². The molecule has 0 aliphatic carbocycles. The minimum Gasteiger partial charge on any atom is -0.493 e. The SMILES string of the molecule is CC(=O)N1CCN(c2nc(N3CCCC3c3ccc(F)cc3)c3cn(C(C)C)c(O)c3n2)CC1. The Morgan fingerprint density at radius 1 is 1.09 bits per heavy atom. The molecule has 8 nitrogen and oxygen atoms in total. The average Bonchev–Trinajstić information content (AvgIpc) is 3.44. The van der Waals surface area contributed by atoms with Crippen molar-refractivity contribution in [2.75, 3.05) is 42.5 Å². The summed E-state index contributed by atoms with van der Waals surface area (Å²) in [6, 6.07) is 6.83. The van der Waals surface area contributed by atoms with E-state index in [0.717, 1.165) is 36.2 Å². The molecule has 2 fully saturated rings. The van der Waals surface area contributed by atoms with E-state index in [1.54, 1.807) is 6.92 Å². The van der Waals surface area contributed by atoms with Crippen molar-refractivity contribution in [1.82, 2.24) is 19.4 Å². The summed E-state index contributed by atoms with van der Waals surface area (Å²) in [7, 11) is 0. The number of hydrogen-bond donors (Lipinski definition) is 1. The van der Waals surface area contributed by atoms with Crippen LogP contribution in [0.25, 0.3) is 10.9 Å². The number of carbonyl (C=O) groups is 1. The number of benzene rings is 1. The molecule has 180 valence electrons. The predicted octanol–water partition coefficient (Wildman–Crippen LogP) is 3.87. The van der Waals surface area contributed by atoms with E-state index in [1.807, 2.05) is 41.6 Å². The number of anilines is 2. The van der Waals surface area contributed by atoms with Crippen molar-refractivity contribution in [2.45, 2.75) is 45.7 Å². The van der Waals surface area contributed by atoms with Gasteiger partial charge in [0.25, 0.3) is 0 Å². The monoisotopic (exact) mass is 466 g/mol. The topological polar surface area (TPSA) is 77.7 Å². The fourth-order valence-electron chi connectivity index (χ4n) is 5.08. The molecular weight excluding hydrogens is 435 g/mol. The van der Waals surface area contributed by atoms with Gasteiger partial charge in [0, 0.05) is 51.9 Å². The van der Waals surface area contributed by atoms with Gasteiger partial charge in [-0.1, -0.05) is 12.1 Å². The van der Waals surface area contributed by atoms with Crippen LogP contribution in [0.1, 0.15) is 51.3 Å². The van der Waals surface area contributed by atoms with Crippen molar-refractivity contribution in [2.24, 2.45) is 0 Å². The molecule has 2 aromatic heterocycles. The summed E-state index contributed by atoms with van der Waals surface area (Å²) in [5, 5.41) is 11.8. The van der Waals surface area contributed by atoms with Crippen LogP contribution in [0.5, 0.6) is 5.88 Å². The molecule has 0 radical (unpaired) electrons. The normalized spacial score (nSPS) is 19.0. The zero-order valence-electron chi connectivity index (χ0n) is 19.9. The summed E-state index contributed by atoms with van der Waals surface area (Å²) in [5.74, 6) is 1.31. The lowest BCUT2D eigenvalue weighted by molar-refractivity contribution is -0.129. The molecule has 1 aromatic carbocycles. The molecule has 2 aliphatic rings. The number of nitrogens with zero attached hydrogens (tertiary/aromatic N) is 6. The molecule has 4 heterocycles. The van der Waals surface area contributed by atoms with E-state index in [9.17, 15) is 14.3 Å². The van der Waals surface area contributed by atoms with Crippen LogP contribution in [0.2, 0.25) is 0 Å². The first-order valence-corrected chi connectivity index (χ1v) is 12.0. The molecule has 1 amide bonds. The largest absolute Gasteiger partial charge is 0.493 e. The van der Waals surface area contributed by atoms with Crippen LogP contribution in [-0.4, -0.2) is 63.2 Å². The van der Waals surface area contributed by atoms with Gasteiger partial charge in [0.2, 0.25) is 17.7 Å². The van der Waals surface area contributed by atoms with Crippen LogP contribution in [-0.2, 0) is 4.79 Å². The molecule has 2 aliphatic heterocycles. The first-order valence-electron chi connectivity index (χ1n) is 12.0. The van der Waals surface area contributed by atoms with Crippen molar-refractivity contribution in [1.29, 1.82) is 0 Å². The van der Waals surface area contributed by atoms with Crippen molar-refractivity contribution in [3.63, 3.8) is 0 Å². The standard InChI is InChI=1S/C25H31FN6O2/c1-16(2)32-15-20-22(24(32)34)27-25(30-13-11-29(12-14-30)17(3)33)28-23(20)31-10-4-5-21(31)18-6-8-19(26)9-7-18/h6-9,15-16,21,34H,4-5,10-14H2,1-3H3. The minimum atomic E-state index is -0.247. The van der Waals surface area contributed by atoms with E-state index in [0.29, 0.717) is 37.6 Å². The third-order valence-corrected chi connectivity index (χ3v) is 6.98. The van der Waals surface area contributed by atoms with Gasteiger partial charge in [0.05, 0.1) is 11.4 Å². The lowest BCUT2D eigenvalue weighted by atomic mass is 10.0. The van der Waals surface area contributed by atoms with E-state index >= 15 is 0 Å². The van der Waals surface area contributed by atoms with Gasteiger partial charge in [0.15, 0.2) is 0 Å². The zero-order valence-corrected chi connectivity index (χ0v) is 19.9. The molecule has 0 bridgehead atoms. The average molecular weight is 467 g/mol. The molecular formula is C25H31FN6O2. The molecule has 1 atom stereocenters. The van der Waals surface area contributed by atoms with Gasteiger partial charge in [-0.2, -0.15) is 4.98 Å². The van der Waals surface area contributed by atoms with Crippen LogP contribution < -0.4 is 9.80 Å². The Balaban J connectivity index is 1.59. The molecule has 0 saturated carbocycles. The van der Waals surface area contributed by atoms with Crippen molar-refractivity contribution in [3.8, 4) is 5.88 Å². The highest BCUT2D eigenvalue weighted by Gasteiger charge is 2.32. The van der Waals surface area contributed by atoms with Gasteiger partial charge in [-0.3, -0.25) is 4.79 Å². The van der Waals surface area contributed by atoms with E-state index < -0.39 is 0 Å². The first-order chi connectivity index (χ1) is 16.3. The summed E-state index contributed by atoms with van der Waals surface area (Å²) in [6.07, 6.45) is 3.87. The second-order valence-electron chi connectivity index (χ2n) is 9.46. The van der Waals surface area contributed by atoms with Crippen molar-refractivity contribution < 1.29 is 14.3 Å². The maximum atomic E-state index is 13.6. The van der Waals surface area contributed by atoms with Gasteiger partial charge in [-0.25, -0.2) is 9.37 Å². The van der Waals surface area contributed by atoms with E-state index in [1.165, 1.54) is 12.1 Å². The maximum absolute atomic E-state index is 13.6. The lowest BCUT2D eigenvalue weighted by Gasteiger charge is -2.35. The molecule has 1 unspecified atom stereocenters. The van der Waals surface area contributed by atoms with Crippen LogP contribution >= 0.6 is 0 Å². The Morgan fingerprint density at radius 2 is 1.79 bits per heavy atom. The van der Waals surface area contributed by atoms with Gasteiger partial charge in [-0.05, 0) is 44.4 Å². The van der Waals surface area contributed by atoms with E-state index in [4.69, 9.17) is 9.97 Å². The predicted molar refractivity (Wildman–Crippen MR) is 130 cm³/mol. The van der Waals surface area contributed by atoms with Gasteiger partial charge in [-0.15, -0.1) is 0 Å². The highest BCUT2D eigenvalue weighted by molar-refractivity contribution is 5.94. The number of aromatic hydroxyl groups is 1. The number of amides is 1. The Kier molecular flexibility index (Phi) is 5.79. The summed E-state index contributed by atoms with van der Waals surface area (Å²) in [6.45, 7) is 8.95. The Hall–Kier alpha value is -3.36. The Bertz CT molecular complexity index is 1200. The first kappa shape index (κ1) is 22.4. The van der Waals surface area contributed by atoms with Gasteiger partial charge in [0.1, 0.15) is 17.2 Å². The van der Waals surface area contributed by atoms with Crippen LogP contribution in [0.3, 0.4) is 0 Å². The second-order valence-corrected chi connectivity index (χ2v) is 9.46. The molecule has 1 N–H and O–H groups in total. The minimum absolute atomic E-state index is 0.0658. The highest BCUT2D eigenvalue weighted by atomic mass is 19.1. The number of piperazine rings is 1. The molecule has 2 saturated heterocycles. The fraction of sp³-hybridized carbons (Fsp3) is 0.480. The molecule has 5 rings (SSSR count). The van der Waals surface area contributed by atoms with Crippen LogP contribution in [0, 0.1) is 5.82 Å². The summed E-state index contributed by atoms with van der Waals surface area (Å²) < 4.78 is 15.4. The number of rotatable bonds is 4. The smallest absolute Gasteiger partial charge is 0.228 e. The maximum Gasteiger partial charge on any atom is 0.228 e. The molecule has 0 spiro atoms. The highest BCUT2D eigenvalue weighted by Crippen LogP contribution is 2.41. The zero-order chi connectivity index (χ0) is 24.0. The number of carbonyl (C=O) groups excluding carboxylic acids is 1. The number of aromatic nitrogens is 3. The van der Waals surface area contributed by atoms with Gasteiger partial charge >= 0.3 is 0 Å². The summed E-state index contributed by atoms with van der Waals surface area (Å²) in [5.41, 5.74) is 1.59. The Morgan fingerprint density at radius 3 is 2.44 bits per heavy atom. The fourth-order valence-corrected chi connectivity index (χ4v) is 5.08. The number of halogens is 1. The van der Waals surface area contributed by atoms with Gasteiger partial charge < -0.3 is 24.4 Å². The summed E-state index contributed by atoms with van der Waals surface area (Å²) >= 11 is 0. The second kappa shape index (κ2) is 8.77. The number of hydrogen-bond acceptors (Lipinski definition) is 6. The quantitative estimate of drug-likeness (QED) is 0.629. The number of fused-ring (bicyclic) bond motifs is 1. The van der Waals surface area contributed by atoms with Crippen LogP contribution in [0.4, 0.5) is 16.2 Å². The molecule has 3 aromatic rings. The van der Waals surface area contributed by atoms with Crippen LogP contribution in [0.15, 0.2) is 30.5 Å². The Labute approximate surface area is 198 Å². The third kappa shape index (κ3) is 3.93. The summed E-state index contributed by atoms with van der Waals surface area (Å²) in [4.78, 5) is 27.7. The van der Waals surface area contributed by atoms with Crippen molar-refractivity contribution in [3.05, 3.63) is 41.8 Å². The van der Waals surface area contributed by atoms with E-state index in [2.05, 4.69) is 9.80 Å². The third-order valence-electron chi connectivity index (χ3n) is 6.98. The lowest BCUT2D eigenvalue weighted by Crippen LogP contribution is -2.48. The van der Waals surface area contributed by atoms with E-state index in [-0.39, 0.29) is 29.7 Å². The molecule has 9 heteroatoms. The molecule has 34 heavy (non-hydrogen) atoms.